The van der Waals surface area contributed by atoms with Gasteiger partial charge in [-0.15, -0.1) is 0 Å². The van der Waals surface area contributed by atoms with Gasteiger partial charge in [0.05, 0.1) is 6.42 Å². The monoisotopic (exact) mass is 300 g/mol. The van der Waals surface area contributed by atoms with Crippen LogP contribution in [0.2, 0.25) is 0 Å². The number of carbonyl (C=O) groups is 1. The van der Waals surface area contributed by atoms with Gasteiger partial charge in [-0.05, 0) is 55.1 Å². The lowest BCUT2D eigenvalue weighted by Gasteiger charge is -2.45. The van der Waals surface area contributed by atoms with Gasteiger partial charge in [-0.2, -0.15) is 0 Å². The van der Waals surface area contributed by atoms with E-state index in [1.54, 1.807) is 0 Å². The zero-order valence-corrected chi connectivity index (χ0v) is 13.6. The Labute approximate surface area is 133 Å². The molecule has 2 fully saturated rings. The highest BCUT2D eigenvalue weighted by atomic mass is 16.1. The minimum Gasteiger partial charge on any atom is -0.353 e. The fourth-order valence-corrected chi connectivity index (χ4v) is 4.34. The molecule has 2 saturated carbocycles. The molecule has 3 nitrogen and oxygen atoms in total. The van der Waals surface area contributed by atoms with Gasteiger partial charge in [0.25, 0.3) is 0 Å². The summed E-state index contributed by atoms with van der Waals surface area (Å²) >= 11 is 0. The molecule has 2 bridgehead atoms. The maximum atomic E-state index is 12.4. The van der Waals surface area contributed by atoms with E-state index in [9.17, 15) is 4.79 Å². The molecule has 120 valence electrons. The van der Waals surface area contributed by atoms with Gasteiger partial charge in [0.15, 0.2) is 0 Å². The quantitative estimate of drug-likeness (QED) is 0.898. The number of carbonyl (C=O) groups excluding carboxylic acids is 1. The molecule has 0 aliphatic heterocycles. The summed E-state index contributed by atoms with van der Waals surface area (Å²) in [5.41, 5.74) is 8.58. The zero-order chi connectivity index (χ0) is 15.5. The van der Waals surface area contributed by atoms with Crippen molar-refractivity contribution in [2.45, 2.75) is 64.0 Å². The molecule has 2 unspecified atom stereocenters. The van der Waals surface area contributed by atoms with Crippen LogP contribution in [0.3, 0.4) is 0 Å². The van der Waals surface area contributed by atoms with Crippen LogP contribution in [-0.2, 0) is 17.6 Å². The molecule has 2 atom stereocenters. The van der Waals surface area contributed by atoms with Crippen molar-refractivity contribution in [1.29, 1.82) is 0 Å². The van der Waals surface area contributed by atoms with Crippen LogP contribution in [0.5, 0.6) is 0 Å². The third-order valence-electron chi connectivity index (χ3n) is 5.50. The molecule has 0 saturated heterocycles. The van der Waals surface area contributed by atoms with Crippen LogP contribution in [0.25, 0.3) is 0 Å². The molecule has 22 heavy (non-hydrogen) atoms. The minimum atomic E-state index is 0.168. The fourth-order valence-electron chi connectivity index (χ4n) is 4.34. The minimum absolute atomic E-state index is 0.168. The van der Waals surface area contributed by atoms with E-state index in [2.05, 4.69) is 36.5 Å². The van der Waals surface area contributed by atoms with Gasteiger partial charge < -0.3 is 11.1 Å². The SMILES string of the molecule is CCc1ccc(CC(=O)NC2C3CCCC2CC(N)C3)cc1. The normalized spacial score (nSPS) is 30.8. The predicted octanol–water partition coefficient (Wildman–Crippen LogP) is 2.81. The van der Waals surface area contributed by atoms with Gasteiger partial charge in [0.2, 0.25) is 5.91 Å². The van der Waals surface area contributed by atoms with E-state index in [0.717, 1.165) is 24.8 Å². The van der Waals surface area contributed by atoms with Crippen molar-refractivity contribution in [3.63, 3.8) is 0 Å². The van der Waals surface area contributed by atoms with Gasteiger partial charge in [-0.25, -0.2) is 0 Å². The number of rotatable bonds is 4. The third-order valence-corrected chi connectivity index (χ3v) is 5.50. The van der Waals surface area contributed by atoms with Crippen LogP contribution in [-0.4, -0.2) is 18.0 Å². The summed E-state index contributed by atoms with van der Waals surface area (Å²) in [6, 6.07) is 9.10. The average Bonchev–Trinajstić information content (AvgIpc) is 2.49. The van der Waals surface area contributed by atoms with E-state index in [1.165, 1.54) is 24.8 Å². The number of amides is 1. The maximum absolute atomic E-state index is 12.4. The summed E-state index contributed by atoms with van der Waals surface area (Å²) < 4.78 is 0. The number of fused-ring (bicyclic) bond motifs is 2. The van der Waals surface area contributed by atoms with E-state index in [-0.39, 0.29) is 5.91 Å². The summed E-state index contributed by atoms with van der Waals surface area (Å²) in [5.74, 6) is 1.35. The Morgan fingerprint density at radius 1 is 1.14 bits per heavy atom. The smallest absolute Gasteiger partial charge is 0.224 e. The lowest BCUT2D eigenvalue weighted by molar-refractivity contribution is -0.122. The standard InChI is InChI=1S/C19H28N2O/c1-2-13-6-8-14(9-7-13)10-18(22)21-19-15-4-3-5-16(19)12-17(20)11-15/h6-9,15-17,19H,2-5,10-12,20H2,1H3,(H,21,22). The molecule has 1 aromatic rings. The number of aryl methyl sites for hydroxylation is 1. The molecule has 0 spiro atoms. The highest BCUT2D eigenvalue weighted by molar-refractivity contribution is 5.79. The van der Waals surface area contributed by atoms with Crippen LogP contribution < -0.4 is 11.1 Å². The van der Waals surface area contributed by atoms with Gasteiger partial charge >= 0.3 is 0 Å². The number of nitrogens with two attached hydrogens (primary N) is 1. The average molecular weight is 300 g/mol. The third kappa shape index (κ3) is 3.52. The Kier molecular flexibility index (Phi) is 4.82. The molecule has 3 heteroatoms. The van der Waals surface area contributed by atoms with Gasteiger partial charge in [-0.3, -0.25) is 4.79 Å². The van der Waals surface area contributed by atoms with Crippen LogP contribution >= 0.6 is 0 Å². The molecule has 0 radical (unpaired) electrons. The molecule has 3 rings (SSSR count). The van der Waals surface area contributed by atoms with Crippen LogP contribution in [0.1, 0.15) is 50.2 Å². The molecule has 2 aliphatic rings. The summed E-state index contributed by atoms with van der Waals surface area (Å²) in [5, 5.41) is 3.32. The van der Waals surface area contributed by atoms with Crippen molar-refractivity contribution >= 4 is 5.91 Å². The first-order valence-corrected chi connectivity index (χ1v) is 8.78. The predicted molar refractivity (Wildman–Crippen MR) is 89.5 cm³/mol. The van der Waals surface area contributed by atoms with Crippen molar-refractivity contribution in [1.82, 2.24) is 5.32 Å². The van der Waals surface area contributed by atoms with Gasteiger partial charge in [-0.1, -0.05) is 37.6 Å². The van der Waals surface area contributed by atoms with Gasteiger partial charge in [0, 0.05) is 12.1 Å². The van der Waals surface area contributed by atoms with E-state index in [1.807, 2.05) is 0 Å². The van der Waals surface area contributed by atoms with Crippen molar-refractivity contribution in [2.75, 3.05) is 0 Å². The second-order valence-corrected chi connectivity index (χ2v) is 7.12. The first kappa shape index (κ1) is 15.5. The Hall–Kier alpha value is -1.35. The Balaban J connectivity index is 1.59. The van der Waals surface area contributed by atoms with Crippen molar-refractivity contribution < 1.29 is 4.79 Å². The van der Waals surface area contributed by atoms with Crippen LogP contribution in [0, 0.1) is 11.8 Å². The molecular formula is C19H28N2O. The lowest BCUT2D eigenvalue weighted by Crippen LogP contribution is -2.54. The largest absolute Gasteiger partial charge is 0.353 e. The molecule has 2 aliphatic carbocycles. The van der Waals surface area contributed by atoms with E-state index < -0.39 is 0 Å². The number of hydrogen-bond acceptors (Lipinski definition) is 2. The Morgan fingerprint density at radius 3 is 2.32 bits per heavy atom. The first-order valence-electron chi connectivity index (χ1n) is 8.78. The second-order valence-electron chi connectivity index (χ2n) is 7.12. The Bertz CT molecular complexity index is 497. The van der Waals surface area contributed by atoms with E-state index in [4.69, 9.17) is 5.73 Å². The van der Waals surface area contributed by atoms with Crippen molar-refractivity contribution in [3.05, 3.63) is 35.4 Å². The molecule has 0 aromatic heterocycles. The number of benzene rings is 1. The molecular weight excluding hydrogens is 272 g/mol. The summed E-state index contributed by atoms with van der Waals surface area (Å²) in [6.07, 6.45) is 7.43. The summed E-state index contributed by atoms with van der Waals surface area (Å²) in [7, 11) is 0. The van der Waals surface area contributed by atoms with Gasteiger partial charge in [0.1, 0.15) is 0 Å². The maximum Gasteiger partial charge on any atom is 0.224 e. The van der Waals surface area contributed by atoms with E-state index >= 15 is 0 Å². The van der Waals surface area contributed by atoms with Crippen LogP contribution in [0.15, 0.2) is 24.3 Å². The molecule has 0 heterocycles. The Morgan fingerprint density at radius 2 is 1.73 bits per heavy atom. The second kappa shape index (κ2) is 6.82. The number of nitrogens with one attached hydrogen (secondary N) is 1. The highest BCUT2D eigenvalue weighted by Crippen LogP contribution is 2.39. The topological polar surface area (TPSA) is 55.1 Å². The molecule has 1 amide bonds. The van der Waals surface area contributed by atoms with Crippen LogP contribution in [0.4, 0.5) is 0 Å². The van der Waals surface area contributed by atoms with Crippen molar-refractivity contribution in [3.8, 4) is 0 Å². The lowest BCUT2D eigenvalue weighted by atomic mass is 9.67. The van der Waals surface area contributed by atoms with E-state index in [0.29, 0.717) is 30.3 Å². The summed E-state index contributed by atoms with van der Waals surface area (Å²) in [6.45, 7) is 2.15. The molecule has 3 N–H and O–H groups in total. The summed E-state index contributed by atoms with van der Waals surface area (Å²) in [4.78, 5) is 12.4. The van der Waals surface area contributed by atoms with Crippen molar-refractivity contribution in [2.24, 2.45) is 17.6 Å². The highest BCUT2D eigenvalue weighted by Gasteiger charge is 2.39. The fraction of sp³-hybridized carbons (Fsp3) is 0.632. The number of hydrogen-bond donors (Lipinski definition) is 2. The molecule has 1 aromatic carbocycles. The first-order chi connectivity index (χ1) is 10.7. The zero-order valence-electron chi connectivity index (χ0n) is 13.6.